The van der Waals surface area contributed by atoms with Crippen LogP contribution in [0.4, 0.5) is 11.4 Å². The van der Waals surface area contributed by atoms with Gasteiger partial charge in [0.25, 0.3) is 0 Å². The molecule has 0 atom stereocenters. The van der Waals surface area contributed by atoms with Crippen LogP contribution >= 0.6 is 11.6 Å². The molecule has 7 heteroatoms. The number of sulfonamides is 1. The minimum Gasteiger partial charge on any atom is -0.311 e. The zero-order valence-corrected chi connectivity index (χ0v) is 16.0. The van der Waals surface area contributed by atoms with Crippen molar-refractivity contribution in [2.24, 2.45) is 0 Å². The predicted octanol–water partition coefficient (Wildman–Crippen LogP) is 3.47. The molecule has 2 rings (SSSR count). The van der Waals surface area contributed by atoms with E-state index in [4.69, 9.17) is 11.6 Å². The molecule has 0 heterocycles. The van der Waals surface area contributed by atoms with Crippen LogP contribution in [0.2, 0.25) is 5.02 Å². The Morgan fingerprint density at radius 1 is 1.12 bits per heavy atom. The standard InChI is InChI=1S/C18H21ClN2O3S/c1-4-20(16-8-6-5-7-9-16)18(22)13-21(25(3,23)24)17-11-10-15(19)12-14(17)2/h5-12H,4,13H2,1-3H3. The summed E-state index contributed by atoms with van der Waals surface area (Å²) in [7, 11) is -3.63. The number of benzene rings is 2. The fourth-order valence-corrected chi connectivity index (χ4v) is 3.73. The average Bonchev–Trinajstić information content (AvgIpc) is 2.54. The molecule has 0 spiro atoms. The SMILES string of the molecule is CCN(C(=O)CN(c1ccc(Cl)cc1C)S(C)(=O)=O)c1ccccc1. The summed E-state index contributed by atoms with van der Waals surface area (Å²) in [5, 5.41) is 0.514. The lowest BCUT2D eigenvalue weighted by atomic mass is 10.2. The van der Waals surface area contributed by atoms with E-state index in [-0.39, 0.29) is 12.5 Å². The number of para-hydroxylation sites is 1. The highest BCUT2D eigenvalue weighted by molar-refractivity contribution is 7.92. The molecule has 0 N–H and O–H groups in total. The van der Waals surface area contributed by atoms with Crippen molar-refractivity contribution in [2.45, 2.75) is 13.8 Å². The second kappa shape index (κ2) is 7.89. The van der Waals surface area contributed by atoms with Gasteiger partial charge in [-0.15, -0.1) is 0 Å². The Balaban J connectivity index is 2.36. The third-order valence-electron chi connectivity index (χ3n) is 3.79. The third-order valence-corrected chi connectivity index (χ3v) is 5.15. The Bertz CT molecular complexity index is 854. The molecule has 0 radical (unpaired) electrons. The summed E-state index contributed by atoms with van der Waals surface area (Å²) in [6.45, 7) is 3.78. The molecule has 0 fully saturated rings. The van der Waals surface area contributed by atoms with Crippen LogP contribution < -0.4 is 9.21 Å². The number of aryl methyl sites for hydroxylation is 1. The van der Waals surface area contributed by atoms with Gasteiger partial charge in [0.1, 0.15) is 6.54 Å². The van der Waals surface area contributed by atoms with Gasteiger partial charge in [-0.05, 0) is 49.7 Å². The zero-order chi connectivity index (χ0) is 18.6. The molecule has 0 saturated carbocycles. The van der Waals surface area contributed by atoms with Crippen LogP contribution in [0.3, 0.4) is 0 Å². The second-order valence-electron chi connectivity index (χ2n) is 5.67. The van der Waals surface area contributed by atoms with E-state index in [0.717, 1.165) is 16.2 Å². The molecule has 1 amide bonds. The summed E-state index contributed by atoms with van der Waals surface area (Å²) in [4.78, 5) is 14.3. The lowest BCUT2D eigenvalue weighted by Gasteiger charge is -2.27. The first-order chi connectivity index (χ1) is 11.7. The number of hydrogen-bond acceptors (Lipinski definition) is 3. The van der Waals surface area contributed by atoms with Crippen molar-refractivity contribution < 1.29 is 13.2 Å². The van der Waals surface area contributed by atoms with E-state index in [2.05, 4.69) is 0 Å². The average molecular weight is 381 g/mol. The van der Waals surface area contributed by atoms with Gasteiger partial charge in [-0.3, -0.25) is 9.10 Å². The van der Waals surface area contributed by atoms with Gasteiger partial charge in [-0.1, -0.05) is 29.8 Å². The molecule has 0 unspecified atom stereocenters. The molecule has 2 aromatic carbocycles. The van der Waals surface area contributed by atoms with Gasteiger partial charge in [-0.25, -0.2) is 8.42 Å². The van der Waals surface area contributed by atoms with E-state index in [1.807, 2.05) is 37.3 Å². The minimum atomic E-state index is -3.63. The number of carbonyl (C=O) groups is 1. The molecular weight excluding hydrogens is 360 g/mol. The first-order valence-electron chi connectivity index (χ1n) is 7.83. The molecule has 0 bridgehead atoms. The van der Waals surface area contributed by atoms with Crippen molar-refractivity contribution in [2.75, 3.05) is 28.6 Å². The summed E-state index contributed by atoms with van der Waals surface area (Å²) in [6.07, 6.45) is 1.09. The molecule has 0 saturated heterocycles. The Hall–Kier alpha value is -2.05. The monoisotopic (exact) mass is 380 g/mol. The van der Waals surface area contributed by atoms with Crippen LogP contribution in [0, 0.1) is 6.92 Å². The topological polar surface area (TPSA) is 57.7 Å². The molecule has 0 aliphatic rings. The van der Waals surface area contributed by atoms with Crippen LogP contribution in [0.1, 0.15) is 12.5 Å². The third kappa shape index (κ3) is 4.74. The van der Waals surface area contributed by atoms with E-state index < -0.39 is 10.0 Å². The number of hydrogen-bond donors (Lipinski definition) is 0. The van der Waals surface area contributed by atoms with E-state index in [1.54, 1.807) is 30.0 Å². The quantitative estimate of drug-likeness (QED) is 0.771. The van der Waals surface area contributed by atoms with Crippen molar-refractivity contribution in [1.82, 2.24) is 0 Å². The van der Waals surface area contributed by atoms with Crippen LogP contribution in [0.15, 0.2) is 48.5 Å². The van der Waals surface area contributed by atoms with Crippen molar-refractivity contribution in [3.63, 3.8) is 0 Å². The first-order valence-corrected chi connectivity index (χ1v) is 10.1. The van der Waals surface area contributed by atoms with Crippen molar-refractivity contribution in [3.05, 3.63) is 59.1 Å². The fourth-order valence-electron chi connectivity index (χ4n) is 2.60. The lowest BCUT2D eigenvalue weighted by molar-refractivity contribution is -0.117. The Kier molecular flexibility index (Phi) is 6.08. The summed E-state index contributed by atoms with van der Waals surface area (Å²) >= 11 is 5.95. The second-order valence-corrected chi connectivity index (χ2v) is 8.02. The molecule has 134 valence electrons. The molecule has 2 aromatic rings. The maximum atomic E-state index is 12.8. The maximum Gasteiger partial charge on any atom is 0.247 e. The Morgan fingerprint density at radius 3 is 2.28 bits per heavy atom. The molecule has 0 aromatic heterocycles. The normalized spacial score (nSPS) is 11.2. The van der Waals surface area contributed by atoms with Crippen molar-refractivity contribution >= 4 is 38.9 Å². The van der Waals surface area contributed by atoms with Crippen molar-refractivity contribution in [1.29, 1.82) is 0 Å². The lowest BCUT2D eigenvalue weighted by Crippen LogP contribution is -2.43. The number of rotatable bonds is 6. The number of carbonyl (C=O) groups excluding carboxylic acids is 1. The van der Waals surface area contributed by atoms with Crippen LogP contribution in [0.5, 0.6) is 0 Å². The van der Waals surface area contributed by atoms with Crippen LogP contribution in [-0.2, 0) is 14.8 Å². The predicted molar refractivity (Wildman–Crippen MR) is 103 cm³/mol. The summed E-state index contributed by atoms with van der Waals surface area (Å²) in [5.74, 6) is -0.298. The van der Waals surface area contributed by atoms with Crippen LogP contribution in [0.25, 0.3) is 0 Å². The highest BCUT2D eigenvalue weighted by Gasteiger charge is 2.25. The van der Waals surface area contributed by atoms with E-state index in [9.17, 15) is 13.2 Å². The molecule has 0 aliphatic heterocycles. The van der Waals surface area contributed by atoms with Gasteiger partial charge >= 0.3 is 0 Å². The van der Waals surface area contributed by atoms with Crippen molar-refractivity contribution in [3.8, 4) is 0 Å². The molecule has 5 nitrogen and oxygen atoms in total. The highest BCUT2D eigenvalue weighted by Crippen LogP contribution is 2.26. The fraction of sp³-hybridized carbons (Fsp3) is 0.278. The summed E-state index contributed by atoms with van der Waals surface area (Å²) < 4.78 is 25.7. The smallest absolute Gasteiger partial charge is 0.247 e. The van der Waals surface area contributed by atoms with Gasteiger partial charge in [0.15, 0.2) is 0 Å². The summed E-state index contributed by atoms with van der Waals surface area (Å²) in [5.41, 5.74) is 1.87. The van der Waals surface area contributed by atoms with E-state index >= 15 is 0 Å². The number of likely N-dealkylation sites (N-methyl/N-ethyl adjacent to an activating group) is 1. The number of amides is 1. The number of anilines is 2. The van der Waals surface area contributed by atoms with Gasteiger partial charge in [0.05, 0.1) is 11.9 Å². The molecule has 0 aliphatic carbocycles. The van der Waals surface area contributed by atoms with Crippen LogP contribution in [-0.4, -0.2) is 33.7 Å². The zero-order valence-electron chi connectivity index (χ0n) is 14.4. The van der Waals surface area contributed by atoms with Gasteiger partial charge in [-0.2, -0.15) is 0 Å². The molecular formula is C18H21ClN2O3S. The number of nitrogens with zero attached hydrogens (tertiary/aromatic N) is 2. The first kappa shape index (κ1) is 19.3. The van der Waals surface area contributed by atoms with Gasteiger partial charge in [0, 0.05) is 17.3 Å². The minimum absolute atomic E-state index is 0.274. The number of halogens is 1. The molecule has 25 heavy (non-hydrogen) atoms. The van der Waals surface area contributed by atoms with E-state index in [0.29, 0.717) is 22.8 Å². The highest BCUT2D eigenvalue weighted by atomic mass is 35.5. The summed E-state index contributed by atoms with van der Waals surface area (Å²) in [6, 6.07) is 14.1. The Labute approximate surface area is 153 Å². The van der Waals surface area contributed by atoms with E-state index in [1.165, 1.54) is 0 Å². The Morgan fingerprint density at radius 2 is 1.76 bits per heavy atom. The van der Waals surface area contributed by atoms with Gasteiger partial charge < -0.3 is 4.90 Å². The maximum absolute atomic E-state index is 12.8. The largest absolute Gasteiger partial charge is 0.311 e. The van der Waals surface area contributed by atoms with Gasteiger partial charge in [0.2, 0.25) is 15.9 Å².